The number of benzene rings is 3. The summed E-state index contributed by atoms with van der Waals surface area (Å²) < 4.78 is 5.15. The summed E-state index contributed by atoms with van der Waals surface area (Å²) in [5.74, 6) is 1.10. The zero-order valence-corrected chi connectivity index (χ0v) is 18.0. The Kier molecular flexibility index (Phi) is 6.41. The van der Waals surface area contributed by atoms with Crippen molar-refractivity contribution in [1.82, 2.24) is 15.3 Å². The second-order valence-corrected chi connectivity index (χ2v) is 7.40. The molecule has 4 aromatic rings. The van der Waals surface area contributed by atoms with Gasteiger partial charge in [-0.3, -0.25) is 4.79 Å². The number of anilines is 2. The van der Waals surface area contributed by atoms with Crippen molar-refractivity contribution >= 4 is 17.5 Å². The van der Waals surface area contributed by atoms with Crippen molar-refractivity contribution in [3.8, 4) is 16.9 Å². The van der Waals surface area contributed by atoms with E-state index in [0.29, 0.717) is 18.1 Å². The maximum atomic E-state index is 12.6. The Hall–Kier alpha value is -4.19. The number of aromatic nitrogens is 2. The van der Waals surface area contributed by atoms with E-state index in [0.717, 1.165) is 28.1 Å². The van der Waals surface area contributed by atoms with E-state index in [1.54, 1.807) is 31.6 Å². The fraction of sp³-hybridized carbons (Fsp3) is 0.115. The van der Waals surface area contributed by atoms with Gasteiger partial charge in [-0.25, -0.2) is 9.97 Å². The molecule has 0 fully saturated rings. The van der Waals surface area contributed by atoms with E-state index in [4.69, 9.17) is 4.74 Å². The summed E-state index contributed by atoms with van der Waals surface area (Å²) in [4.78, 5) is 21.4. The summed E-state index contributed by atoms with van der Waals surface area (Å²) in [5.41, 5.74) is 5.52. The molecule has 0 atom stereocenters. The molecule has 160 valence electrons. The molecule has 1 aromatic heterocycles. The van der Waals surface area contributed by atoms with Crippen LogP contribution in [-0.2, 0) is 6.54 Å². The molecule has 0 aliphatic heterocycles. The van der Waals surface area contributed by atoms with Crippen molar-refractivity contribution in [3.63, 3.8) is 0 Å². The largest absolute Gasteiger partial charge is 0.497 e. The third-order valence-corrected chi connectivity index (χ3v) is 5.03. The van der Waals surface area contributed by atoms with Crippen molar-refractivity contribution in [1.29, 1.82) is 0 Å². The van der Waals surface area contributed by atoms with Gasteiger partial charge in [-0.2, -0.15) is 0 Å². The minimum Gasteiger partial charge on any atom is -0.497 e. The zero-order valence-electron chi connectivity index (χ0n) is 18.0. The smallest absolute Gasteiger partial charge is 0.251 e. The summed E-state index contributed by atoms with van der Waals surface area (Å²) in [7, 11) is 1.63. The lowest BCUT2D eigenvalue weighted by Crippen LogP contribution is -2.22. The predicted octanol–water partition coefficient (Wildman–Crippen LogP) is 5.13. The highest BCUT2D eigenvalue weighted by Gasteiger charge is 2.08. The van der Waals surface area contributed by atoms with E-state index in [2.05, 4.69) is 51.8 Å². The number of nitrogens with one attached hydrogen (secondary N) is 2. The molecule has 1 amide bonds. The fourth-order valence-electron chi connectivity index (χ4n) is 3.18. The van der Waals surface area contributed by atoms with Crippen LogP contribution in [0.3, 0.4) is 0 Å². The summed E-state index contributed by atoms with van der Waals surface area (Å²) in [6, 6.07) is 23.1. The molecule has 0 aliphatic rings. The average Bonchev–Trinajstić information content (AvgIpc) is 2.84. The summed E-state index contributed by atoms with van der Waals surface area (Å²) in [6.45, 7) is 2.49. The van der Waals surface area contributed by atoms with Crippen LogP contribution >= 0.6 is 0 Å². The highest BCUT2D eigenvalue weighted by molar-refractivity contribution is 5.95. The van der Waals surface area contributed by atoms with Gasteiger partial charge in [-0.05, 0) is 48.4 Å². The van der Waals surface area contributed by atoms with Crippen LogP contribution in [0.2, 0.25) is 0 Å². The van der Waals surface area contributed by atoms with Gasteiger partial charge in [0, 0.05) is 35.8 Å². The molecule has 0 unspecified atom stereocenters. The number of nitrogens with zero attached hydrogens (tertiary/aromatic N) is 2. The summed E-state index contributed by atoms with van der Waals surface area (Å²) in [5, 5.41) is 6.09. The van der Waals surface area contributed by atoms with Gasteiger partial charge < -0.3 is 15.4 Å². The van der Waals surface area contributed by atoms with Crippen molar-refractivity contribution < 1.29 is 9.53 Å². The van der Waals surface area contributed by atoms with E-state index in [9.17, 15) is 4.79 Å². The van der Waals surface area contributed by atoms with Crippen molar-refractivity contribution in [2.45, 2.75) is 13.5 Å². The third kappa shape index (κ3) is 5.29. The number of ether oxygens (including phenoxy) is 1. The SMILES string of the molecule is COc1ccc(CNC(=O)c2cccc(Nc3ncc(-c4ccc(C)cc4)cn3)c2)cc1. The highest BCUT2D eigenvalue weighted by Crippen LogP contribution is 2.20. The number of rotatable bonds is 7. The molecule has 0 bridgehead atoms. The Labute approximate surface area is 187 Å². The Bertz CT molecular complexity index is 1190. The molecule has 0 spiro atoms. The Morgan fingerprint density at radius 1 is 0.906 bits per heavy atom. The Balaban J connectivity index is 1.38. The molecule has 6 nitrogen and oxygen atoms in total. The minimum atomic E-state index is -0.153. The Morgan fingerprint density at radius 2 is 1.62 bits per heavy atom. The number of methoxy groups -OCH3 is 1. The normalized spacial score (nSPS) is 10.4. The molecule has 0 aliphatic carbocycles. The van der Waals surface area contributed by atoms with Crippen LogP contribution in [-0.4, -0.2) is 23.0 Å². The van der Waals surface area contributed by atoms with Crippen LogP contribution in [0.15, 0.2) is 85.2 Å². The number of amides is 1. The lowest BCUT2D eigenvalue weighted by molar-refractivity contribution is 0.0951. The van der Waals surface area contributed by atoms with Crippen LogP contribution in [0.4, 0.5) is 11.6 Å². The first-order chi connectivity index (χ1) is 15.6. The molecule has 32 heavy (non-hydrogen) atoms. The first-order valence-electron chi connectivity index (χ1n) is 10.3. The first kappa shape index (κ1) is 21.1. The standard InChI is InChI=1S/C26H24N4O2/c1-18-6-10-20(11-7-18)22-16-28-26(29-17-22)30-23-5-3-4-21(14-23)25(31)27-15-19-8-12-24(32-2)13-9-19/h3-14,16-17H,15H2,1-2H3,(H,27,31)(H,28,29,30). The van der Waals surface area contributed by atoms with Crippen molar-refractivity contribution in [2.75, 3.05) is 12.4 Å². The van der Waals surface area contributed by atoms with E-state index in [1.165, 1.54) is 5.56 Å². The number of aryl methyl sites for hydroxylation is 1. The topological polar surface area (TPSA) is 76.1 Å². The quantitative estimate of drug-likeness (QED) is 0.430. The van der Waals surface area contributed by atoms with E-state index in [1.807, 2.05) is 36.4 Å². The number of carbonyl (C=O) groups excluding carboxylic acids is 1. The van der Waals surface area contributed by atoms with Gasteiger partial charge in [0.2, 0.25) is 5.95 Å². The second kappa shape index (κ2) is 9.75. The number of hydrogen-bond acceptors (Lipinski definition) is 5. The lowest BCUT2D eigenvalue weighted by atomic mass is 10.1. The Morgan fingerprint density at radius 3 is 2.31 bits per heavy atom. The molecule has 0 radical (unpaired) electrons. The maximum Gasteiger partial charge on any atom is 0.251 e. The van der Waals surface area contributed by atoms with Gasteiger partial charge in [0.25, 0.3) is 5.91 Å². The second-order valence-electron chi connectivity index (χ2n) is 7.40. The fourth-order valence-corrected chi connectivity index (χ4v) is 3.18. The van der Waals surface area contributed by atoms with Crippen LogP contribution in [0.25, 0.3) is 11.1 Å². The van der Waals surface area contributed by atoms with E-state index < -0.39 is 0 Å². The molecular formula is C26H24N4O2. The number of hydrogen-bond donors (Lipinski definition) is 2. The van der Waals surface area contributed by atoms with E-state index in [-0.39, 0.29) is 5.91 Å². The molecule has 6 heteroatoms. The van der Waals surface area contributed by atoms with Crippen LogP contribution in [0, 0.1) is 6.92 Å². The lowest BCUT2D eigenvalue weighted by Gasteiger charge is -2.09. The van der Waals surface area contributed by atoms with Gasteiger partial charge in [-0.15, -0.1) is 0 Å². The van der Waals surface area contributed by atoms with Crippen LogP contribution in [0.5, 0.6) is 5.75 Å². The van der Waals surface area contributed by atoms with Gasteiger partial charge in [0.15, 0.2) is 0 Å². The van der Waals surface area contributed by atoms with Crippen LogP contribution in [0.1, 0.15) is 21.5 Å². The minimum absolute atomic E-state index is 0.153. The van der Waals surface area contributed by atoms with Gasteiger partial charge in [-0.1, -0.05) is 48.0 Å². The highest BCUT2D eigenvalue weighted by atomic mass is 16.5. The van der Waals surface area contributed by atoms with Gasteiger partial charge >= 0.3 is 0 Å². The van der Waals surface area contributed by atoms with E-state index >= 15 is 0 Å². The molecule has 0 saturated heterocycles. The summed E-state index contributed by atoms with van der Waals surface area (Å²) in [6.07, 6.45) is 3.57. The monoisotopic (exact) mass is 424 g/mol. The zero-order chi connectivity index (χ0) is 22.3. The molecule has 2 N–H and O–H groups in total. The van der Waals surface area contributed by atoms with Crippen molar-refractivity contribution in [3.05, 3.63) is 102 Å². The molecule has 1 heterocycles. The predicted molar refractivity (Wildman–Crippen MR) is 126 cm³/mol. The average molecular weight is 425 g/mol. The summed E-state index contributed by atoms with van der Waals surface area (Å²) >= 11 is 0. The third-order valence-electron chi connectivity index (χ3n) is 5.03. The first-order valence-corrected chi connectivity index (χ1v) is 10.3. The maximum absolute atomic E-state index is 12.6. The van der Waals surface area contributed by atoms with Crippen molar-refractivity contribution in [2.24, 2.45) is 0 Å². The molecule has 3 aromatic carbocycles. The molecular weight excluding hydrogens is 400 g/mol. The van der Waals surface area contributed by atoms with Crippen LogP contribution < -0.4 is 15.4 Å². The van der Waals surface area contributed by atoms with Gasteiger partial charge in [0.1, 0.15) is 5.75 Å². The number of carbonyl (C=O) groups is 1. The molecule has 0 saturated carbocycles. The molecule has 4 rings (SSSR count). The van der Waals surface area contributed by atoms with Gasteiger partial charge in [0.05, 0.1) is 7.11 Å².